The third-order valence-electron chi connectivity index (χ3n) is 6.48. The molecule has 3 heterocycles. The van der Waals surface area contributed by atoms with Crippen LogP contribution in [0.25, 0.3) is 0 Å². The van der Waals surface area contributed by atoms with E-state index in [0.29, 0.717) is 17.4 Å². The lowest BCUT2D eigenvalue weighted by molar-refractivity contribution is -0.141. The number of hydrogen-bond acceptors (Lipinski definition) is 5. The third-order valence-corrected chi connectivity index (χ3v) is 7.52. The molecule has 6 heteroatoms. The van der Waals surface area contributed by atoms with Gasteiger partial charge in [-0.05, 0) is 43.9 Å². The molecule has 0 aromatic carbocycles. The van der Waals surface area contributed by atoms with E-state index in [9.17, 15) is 4.79 Å². The quantitative estimate of drug-likeness (QED) is 0.820. The van der Waals surface area contributed by atoms with Gasteiger partial charge >= 0.3 is 0 Å². The van der Waals surface area contributed by atoms with E-state index in [1.165, 1.54) is 38.5 Å². The SMILES string of the molecule is CCCc1nnc(N2CCC3(CCC(=O)N(C4CCCC4)C3)CC2)s1. The molecular weight excluding hydrogens is 332 g/mol. The van der Waals surface area contributed by atoms with Crippen molar-refractivity contribution >= 4 is 22.4 Å². The van der Waals surface area contributed by atoms with Crippen LogP contribution in [-0.4, -0.2) is 46.7 Å². The number of anilines is 1. The van der Waals surface area contributed by atoms with E-state index in [0.717, 1.165) is 55.5 Å². The van der Waals surface area contributed by atoms with Gasteiger partial charge in [0.1, 0.15) is 5.01 Å². The molecule has 5 nitrogen and oxygen atoms in total. The van der Waals surface area contributed by atoms with Gasteiger partial charge in [-0.25, -0.2) is 0 Å². The maximum absolute atomic E-state index is 12.5. The van der Waals surface area contributed by atoms with Gasteiger partial charge in [0, 0.05) is 38.5 Å². The van der Waals surface area contributed by atoms with E-state index in [-0.39, 0.29) is 0 Å². The molecule has 0 bridgehead atoms. The van der Waals surface area contributed by atoms with E-state index < -0.39 is 0 Å². The fourth-order valence-electron chi connectivity index (χ4n) is 4.86. The van der Waals surface area contributed by atoms with Gasteiger partial charge in [0.25, 0.3) is 0 Å². The van der Waals surface area contributed by atoms with Crippen molar-refractivity contribution in [1.82, 2.24) is 15.1 Å². The van der Waals surface area contributed by atoms with Gasteiger partial charge in [0.15, 0.2) is 0 Å². The average molecular weight is 363 g/mol. The zero-order valence-corrected chi connectivity index (χ0v) is 16.2. The van der Waals surface area contributed by atoms with Gasteiger partial charge in [-0.1, -0.05) is 31.1 Å². The summed E-state index contributed by atoms with van der Waals surface area (Å²) >= 11 is 1.76. The Morgan fingerprint density at radius 2 is 1.92 bits per heavy atom. The van der Waals surface area contributed by atoms with Crippen molar-refractivity contribution in [3.8, 4) is 0 Å². The number of piperidine rings is 2. The van der Waals surface area contributed by atoms with Crippen LogP contribution in [0.4, 0.5) is 5.13 Å². The molecule has 138 valence electrons. The highest BCUT2D eigenvalue weighted by atomic mass is 32.1. The molecule has 0 atom stereocenters. The first kappa shape index (κ1) is 17.3. The highest BCUT2D eigenvalue weighted by Crippen LogP contribution is 2.43. The maximum atomic E-state index is 12.5. The molecule has 2 saturated heterocycles. The molecule has 0 unspecified atom stereocenters. The summed E-state index contributed by atoms with van der Waals surface area (Å²) in [4.78, 5) is 17.1. The van der Waals surface area contributed by atoms with E-state index in [1.54, 1.807) is 11.3 Å². The molecule has 0 radical (unpaired) electrons. The summed E-state index contributed by atoms with van der Waals surface area (Å²) in [6.45, 7) is 5.31. The van der Waals surface area contributed by atoms with E-state index in [2.05, 4.69) is 26.9 Å². The van der Waals surface area contributed by atoms with Gasteiger partial charge in [0.05, 0.1) is 0 Å². The number of nitrogens with zero attached hydrogens (tertiary/aromatic N) is 4. The van der Waals surface area contributed by atoms with Crippen molar-refractivity contribution in [3.05, 3.63) is 5.01 Å². The molecule has 3 fully saturated rings. The zero-order chi connectivity index (χ0) is 17.3. The van der Waals surface area contributed by atoms with Crippen molar-refractivity contribution in [2.45, 2.75) is 77.2 Å². The summed E-state index contributed by atoms with van der Waals surface area (Å²) in [5.74, 6) is 0.410. The van der Waals surface area contributed by atoms with Gasteiger partial charge in [-0.2, -0.15) is 0 Å². The van der Waals surface area contributed by atoms with Crippen LogP contribution in [0.3, 0.4) is 0 Å². The minimum atomic E-state index is 0.351. The predicted molar refractivity (Wildman–Crippen MR) is 101 cm³/mol. The molecular formula is C19H30N4OS. The highest BCUT2D eigenvalue weighted by Gasteiger charge is 2.43. The molecule has 1 aromatic rings. The lowest BCUT2D eigenvalue weighted by atomic mass is 9.72. The van der Waals surface area contributed by atoms with Crippen LogP contribution in [0.2, 0.25) is 0 Å². The molecule has 25 heavy (non-hydrogen) atoms. The van der Waals surface area contributed by atoms with Gasteiger partial charge in [-0.3, -0.25) is 4.79 Å². The molecule has 0 N–H and O–H groups in total. The van der Waals surface area contributed by atoms with Gasteiger partial charge < -0.3 is 9.80 Å². The number of carbonyl (C=O) groups excluding carboxylic acids is 1. The molecule has 4 rings (SSSR count). The van der Waals surface area contributed by atoms with Crippen molar-refractivity contribution < 1.29 is 4.79 Å². The Bertz CT molecular complexity index is 602. The number of amides is 1. The number of likely N-dealkylation sites (tertiary alicyclic amines) is 1. The minimum Gasteiger partial charge on any atom is -0.347 e. The molecule has 1 aromatic heterocycles. The summed E-state index contributed by atoms with van der Waals surface area (Å²) in [5.41, 5.74) is 0.351. The second-order valence-corrected chi connectivity index (χ2v) is 9.22. The van der Waals surface area contributed by atoms with Crippen LogP contribution in [0.1, 0.15) is 69.7 Å². The van der Waals surface area contributed by atoms with E-state index in [4.69, 9.17) is 0 Å². The average Bonchev–Trinajstić information content (AvgIpc) is 3.30. The highest BCUT2D eigenvalue weighted by molar-refractivity contribution is 7.15. The fraction of sp³-hybridized carbons (Fsp3) is 0.842. The molecule has 3 aliphatic rings. The Hall–Kier alpha value is -1.17. The molecule has 2 aliphatic heterocycles. The standard InChI is InChI=1S/C19H30N4OS/c1-2-5-16-20-21-18(25-16)22-12-10-19(11-13-22)9-8-17(24)23(14-19)15-6-3-4-7-15/h15H,2-14H2,1H3. The van der Waals surface area contributed by atoms with Crippen molar-refractivity contribution in [1.29, 1.82) is 0 Å². The van der Waals surface area contributed by atoms with Crippen LogP contribution in [-0.2, 0) is 11.2 Å². The number of aromatic nitrogens is 2. The van der Waals surface area contributed by atoms with E-state index in [1.807, 2.05) is 0 Å². The molecule has 1 spiro atoms. The Labute approximate surface area is 154 Å². The molecule has 1 aliphatic carbocycles. The lowest BCUT2D eigenvalue weighted by Gasteiger charge is -2.49. The second-order valence-electron chi connectivity index (χ2n) is 8.18. The topological polar surface area (TPSA) is 49.3 Å². The summed E-state index contributed by atoms with van der Waals surface area (Å²) in [7, 11) is 0. The van der Waals surface area contributed by atoms with Crippen molar-refractivity contribution in [3.63, 3.8) is 0 Å². The summed E-state index contributed by atoms with van der Waals surface area (Å²) < 4.78 is 0. The smallest absolute Gasteiger partial charge is 0.222 e. The molecule has 1 saturated carbocycles. The van der Waals surface area contributed by atoms with Crippen LogP contribution in [0.5, 0.6) is 0 Å². The number of aryl methyl sites for hydroxylation is 1. The van der Waals surface area contributed by atoms with Gasteiger partial charge in [0.2, 0.25) is 11.0 Å². The second kappa shape index (κ2) is 7.22. The Balaban J connectivity index is 1.38. The summed E-state index contributed by atoms with van der Waals surface area (Å²) in [6, 6.07) is 0.530. The lowest BCUT2D eigenvalue weighted by Crippen LogP contribution is -2.54. The maximum Gasteiger partial charge on any atom is 0.222 e. The first-order chi connectivity index (χ1) is 12.2. The Morgan fingerprint density at radius 3 is 2.64 bits per heavy atom. The normalized spacial score (nSPS) is 24.4. The first-order valence-corrected chi connectivity index (χ1v) is 10.9. The number of rotatable bonds is 4. The predicted octanol–water partition coefficient (Wildman–Crippen LogP) is 3.64. The largest absolute Gasteiger partial charge is 0.347 e. The Morgan fingerprint density at radius 1 is 1.16 bits per heavy atom. The van der Waals surface area contributed by atoms with Gasteiger partial charge in [-0.15, -0.1) is 10.2 Å². The van der Waals surface area contributed by atoms with Crippen LogP contribution in [0, 0.1) is 5.41 Å². The first-order valence-electron chi connectivity index (χ1n) is 10.1. The van der Waals surface area contributed by atoms with Crippen LogP contribution >= 0.6 is 11.3 Å². The van der Waals surface area contributed by atoms with Crippen molar-refractivity contribution in [2.24, 2.45) is 5.41 Å². The number of hydrogen-bond donors (Lipinski definition) is 0. The fourth-order valence-corrected chi connectivity index (χ4v) is 5.85. The summed E-state index contributed by atoms with van der Waals surface area (Å²) in [5, 5.41) is 11.0. The van der Waals surface area contributed by atoms with E-state index >= 15 is 0 Å². The Kier molecular flexibility index (Phi) is 4.98. The van der Waals surface area contributed by atoms with Crippen LogP contribution < -0.4 is 4.90 Å². The molecule has 1 amide bonds. The minimum absolute atomic E-state index is 0.351. The third kappa shape index (κ3) is 3.55. The van der Waals surface area contributed by atoms with Crippen LogP contribution in [0.15, 0.2) is 0 Å². The summed E-state index contributed by atoms with van der Waals surface area (Å²) in [6.07, 6.45) is 11.4. The van der Waals surface area contributed by atoms with Crippen molar-refractivity contribution in [2.75, 3.05) is 24.5 Å². The monoisotopic (exact) mass is 362 g/mol. The zero-order valence-electron chi connectivity index (χ0n) is 15.4. The number of carbonyl (C=O) groups is 1.